The molecule has 96 valence electrons. The normalized spacial score (nSPS) is 14.1. The Morgan fingerprint density at radius 3 is 2.32 bits per heavy atom. The molecule has 7 heteroatoms. The molecule has 1 aromatic heterocycles. The van der Waals surface area contributed by atoms with Crippen molar-refractivity contribution in [1.82, 2.24) is 15.0 Å². The topological polar surface area (TPSA) is 102 Å². The lowest BCUT2D eigenvalue weighted by atomic mass is 10.1. The third kappa shape index (κ3) is 1.80. The van der Waals surface area contributed by atoms with Crippen molar-refractivity contribution in [3.8, 4) is 0 Å². The molecule has 0 radical (unpaired) electrons. The van der Waals surface area contributed by atoms with Crippen LogP contribution in [0.15, 0.2) is 28.8 Å². The Labute approximate surface area is 108 Å². The summed E-state index contributed by atoms with van der Waals surface area (Å²) in [5, 5.41) is 3.67. The molecule has 0 bridgehead atoms. The van der Waals surface area contributed by atoms with Crippen LogP contribution in [0.25, 0.3) is 0 Å². The van der Waals surface area contributed by atoms with Crippen LogP contribution in [0.1, 0.15) is 32.4 Å². The largest absolute Gasteiger partial charge is 0.338 e. The quantitative estimate of drug-likeness (QED) is 0.795. The van der Waals surface area contributed by atoms with Gasteiger partial charge in [0.15, 0.2) is 5.82 Å². The van der Waals surface area contributed by atoms with Crippen molar-refractivity contribution in [2.45, 2.75) is 13.1 Å². The third-order valence-corrected chi connectivity index (χ3v) is 2.86. The van der Waals surface area contributed by atoms with E-state index in [1.54, 1.807) is 24.3 Å². The second-order valence-electron chi connectivity index (χ2n) is 4.05. The zero-order chi connectivity index (χ0) is 13.4. The van der Waals surface area contributed by atoms with Gasteiger partial charge in [-0.3, -0.25) is 14.5 Å². The van der Waals surface area contributed by atoms with Crippen LogP contribution >= 0.6 is 0 Å². The van der Waals surface area contributed by atoms with Gasteiger partial charge in [-0.1, -0.05) is 17.3 Å². The van der Waals surface area contributed by atoms with Crippen molar-refractivity contribution < 1.29 is 14.1 Å². The number of nitrogens with two attached hydrogens (primary N) is 1. The van der Waals surface area contributed by atoms with Gasteiger partial charge >= 0.3 is 0 Å². The summed E-state index contributed by atoms with van der Waals surface area (Å²) in [6.07, 6.45) is 0. The maximum absolute atomic E-state index is 12.1. The summed E-state index contributed by atoms with van der Waals surface area (Å²) in [6, 6.07) is 6.68. The van der Waals surface area contributed by atoms with Gasteiger partial charge in [0, 0.05) is 0 Å². The highest BCUT2D eigenvalue weighted by Gasteiger charge is 2.35. The summed E-state index contributed by atoms with van der Waals surface area (Å²) >= 11 is 0. The summed E-state index contributed by atoms with van der Waals surface area (Å²) in [5.41, 5.74) is 6.15. The number of aromatic nitrogens is 2. The van der Waals surface area contributed by atoms with E-state index >= 15 is 0 Å². The molecule has 2 amide bonds. The van der Waals surface area contributed by atoms with E-state index < -0.39 is 0 Å². The minimum absolute atomic E-state index is 0.0180. The lowest BCUT2D eigenvalue weighted by Crippen LogP contribution is -2.29. The molecule has 3 rings (SSSR count). The molecule has 2 N–H and O–H groups in total. The average Bonchev–Trinajstić information content (AvgIpc) is 2.99. The van der Waals surface area contributed by atoms with E-state index in [1.165, 1.54) is 0 Å². The monoisotopic (exact) mass is 258 g/mol. The van der Waals surface area contributed by atoms with Crippen molar-refractivity contribution in [3.63, 3.8) is 0 Å². The SMILES string of the molecule is NCc1nc(CN2C(=O)c3ccccc3C2=O)no1. The molecule has 1 aliphatic rings. The molecule has 0 atom stereocenters. The number of carbonyl (C=O) groups is 2. The Balaban J connectivity index is 1.88. The number of benzene rings is 1. The van der Waals surface area contributed by atoms with Crippen LogP contribution < -0.4 is 5.73 Å². The predicted molar refractivity (Wildman–Crippen MR) is 62.8 cm³/mol. The first-order valence-electron chi connectivity index (χ1n) is 5.67. The van der Waals surface area contributed by atoms with Gasteiger partial charge in [-0.05, 0) is 12.1 Å². The van der Waals surface area contributed by atoms with Gasteiger partial charge in [-0.25, -0.2) is 0 Å². The highest BCUT2D eigenvalue weighted by molar-refractivity contribution is 6.21. The van der Waals surface area contributed by atoms with Crippen LogP contribution in [0.2, 0.25) is 0 Å². The Hall–Kier alpha value is -2.54. The number of nitrogens with zero attached hydrogens (tertiary/aromatic N) is 3. The minimum atomic E-state index is -0.348. The zero-order valence-electron chi connectivity index (χ0n) is 9.87. The molecule has 1 aromatic carbocycles. The summed E-state index contributed by atoms with van der Waals surface area (Å²) in [5.74, 6) is -0.166. The molecular formula is C12H10N4O3. The van der Waals surface area contributed by atoms with Gasteiger partial charge in [-0.2, -0.15) is 4.98 Å². The van der Waals surface area contributed by atoms with Gasteiger partial charge in [0.25, 0.3) is 11.8 Å². The van der Waals surface area contributed by atoms with Crippen LogP contribution in [0.5, 0.6) is 0 Å². The van der Waals surface area contributed by atoms with Crippen molar-refractivity contribution >= 4 is 11.8 Å². The first kappa shape index (κ1) is 11.5. The number of imide groups is 1. The molecule has 0 aliphatic carbocycles. The molecule has 0 spiro atoms. The smallest absolute Gasteiger partial charge is 0.261 e. The second-order valence-corrected chi connectivity index (χ2v) is 4.05. The number of fused-ring (bicyclic) bond motifs is 1. The molecule has 0 unspecified atom stereocenters. The third-order valence-electron chi connectivity index (χ3n) is 2.86. The Kier molecular flexibility index (Phi) is 2.60. The lowest BCUT2D eigenvalue weighted by Gasteiger charge is -2.10. The van der Waals surface area contributed by atoms with E-state index in [2.05, 4.69) is 10.1 Å². The van der Waals surface area contributed by atoms with Crippen LogP contribution in [0, 0.1) is 0 Å². The van der Waals surface area contributed by atoms with E-state index in [4.69, 9.17) is 10.3 Å². The fraction of sp³-hybridized carbons (Fsp3) is 0.167. The van der Waals surface area contributed by atoms with Gasteiger partial charge in [0.1, 0.15) is 0 Å². The number of amides is 2. The summed E-state index contributed by atoms with van der Waals surface area (Å²) in [7, 11) is 0. The molecule has 0 saturated heterocycles. The van der Waals surface area contributed by atoms with Crippen LogP contribution in [-0.4, -0.2) is 26.9 Å². The van der Waals surface area contributed by atoms with Gasteiger partial charge < -0.3 is 10.3 Å². The number of hydrogen-bond donors (Lipinski definition) is 1. The van der Waals surface area contributed by atoms with E-state index in [0.29, 0.717) is 11.1 Å². The van der Waals surface area contributed by atoms with Gasteiger partial charge in [-0.15, -0.1) is 0 Å². The van der Waals surface area contributed by atoms with Crippen LogP contribution in [0.4, 0.5) is 0 Å². The first-order chi connectivity index (χ1) is 9.20. The van der Waals surface area contributed by atoms with E-state index in [-0.39, 0.29) is 36.6 Å². The molecular weight excluding hydrogens is 248 g/mol. The molecule has 19 heavy (non-hydrogen) atoms. The fourth-order valence-corrected chi connectivity index (χ4v) is 1.96. The number of carbonyl (C=O) groups excluding carboxylic acids is 2. The standard InChI is InChI=1S/C12H10N4O3/c13-5-10-14-9(15-19-10)6-16-11(17)7-3-1-2-4-8(7)12(16)18/h1-4H,5-6,13H2. The summed E-state index contributed by atoms with van der Waals surface area (Å²) in [4.78, 5) is 29.2. The lowest BCUT2D eigenvalue weighted by molar-refractivity contribution is 0.0637. The van der Waals surface area contributed by atoms with Crippen molar-refractivity contribution in [3.05, 3.63) is 47.1 Å². The highest BCUT2D eigenvalue weighted by Crippen LogP contribution is 2.23. The van der Waals surface area contributed by atoms with Crippen LogP contribution in [-0.2, 0) is 13.1 Å². The molecule has 0 saturated carbocycles. The Morgan fingerprint density at radius 2 is 1.79 bits per heavy atom. The molecule has 2 aromatic rings. The van der Waals surface area contributed by atoms with Crippen molar-refractivity contribution in [2.24, 2.45) is 5.73 Å². The maximum Gasteiger partial charge on any atom is 0.261 e. The summed E-state index contributed by atoms with van der Waals surface area (Å²) < 4.78 is 4.84. The molecule has 0 fully saturated rings. The molecule has 1 aliphatic heterocycles. The van der Waals surface area contributed by atoms with E-state index in [0.717, 1.165) is 4.90 Å². The minimum Gasteiger partial charge on any atom is -0.338 e. The zero-order valence-corrected chi connectivity index (χ0v) is 9.87. The van der Waals surface area contributed by atoms with E-state index in [1.807, 2.05) is 0 Å². The van der Waals surface area contributed by atoms with Crippen LogP contribution in [0.3, 0.4) is 0 Å². The number of rotatable bonds is 3. The van der Waals surface area contributed by atoms with Gasteiger partial charge in [0.05, 0.1) is 24.2 Å². The first-order valence-corrected chi connectivity index (χ1v) is 5.67. The van der Waals surface area contributed by atoms with Crippen molar-refractivity contribution in [2.75, 3.05) is 0 Å². The predicted octanol–water partition coefficient (Wildman–Crippen LogP) is 0.324. The van der Waals surface area contributed by atoms with E-state index in [9.17, 15) is 9.59 Å². The second kappa shape index (κ2) is 4.29. The maximum atomic E-state index is 12.1. The Morgan fingerprint density at radius 1 is 1.16 bits per heavy atom. The summed E-state index contributed by atoms with van der Waals surface area (Å²) in [6.45, 7) is 0.102. The highest BCUT2D eigenvalue weighted by atomic mass is 16.5. The van der Waals surface area contributed by atoms with Gasteiger partial charge in [0.2, 0.25) is 5.89 Å². The average molecular weight is 258 g/mol. The fourth-order valence-electron chi connectivity index (χ4n) is 1.96. The number of hydrogen-bond acceptors (Lipinski definition) is 6. The Bertz CT molecular complexity index is 629. The van der Waals surface area contributed by atoms with Crippen molar-refractivity contribution in [1.29, 1.82) is 0 Å². The molecule has 2 heterocycles. The molecule has 7 nitrogen and oxygen atoms in total.